The fourth-order valence-electron chi connectivity index (χ4n) is 1.15. The molecule has 4 heteroatoms. The van der Waals surface area contributed by atoms with Crippen LogP contribution >= 0.6 is 0 Å². The summed E-state index contributed by atoms with van der Waals surface area (Å²) in [7, 11) is -3.27. The highest BCUT2D eigenvalue weighted by atomic mass is 32.2. The smallest absolute Gasteiger partial charge is 0.178 e. The lowest BCUT2D eigenvalue weighted by Crippen LogP contribution is -2.16. The Morgan fingerprint density at radius 2 is 1.79 bits per heavy atom. The molecule has 1 rings (SSSR count). The molecule has 3 nitrogen and oxygen atoms in total. The molecule has 0 bridgehead atoms. The van der Waals surface area contributed by atoms with Crippen molar-refractivity contribution in [2.75, 3.05) is 12.4 Å². The van der Waals surface area contributed by atoms with Gasteiger partial charge in [0.15, 0.2) is 9.84 Å². The highest BCUT2D eigenvalue weighted by Gasteiger charge is 2.17. The van der Waals surface area contributed by atoms with Crippen molar-refractivity contribution < 1.29 is 13.5 Å². The van der Waals surface area contributed by atoms with E-state index < -0.39 is 9.84 Å². The first-order valence-corrected chi connectivity index (χ1v) is 6.07. The first-order valence-electron chi connectivity index (χ1n) is 4.42. The monoisotopic (exact) mass is 213 g/mol. The molecule has 1 radical (unpaired) electrons. The van der Waals surface area contributed by atoms with Crippen molar-refractivity contribution in [2.45, 2.75) is 11.8 Å². The second-order valence-electron chi connectivity index (χ2n) is 3.37. The number of sulfone groups is 1. The molecule has 1 unspecified atom stereocenters. The quantitative estimate of drug-likeness (QED) is 0.761. The van der Waals surface area contributed by atoms with Gasteiger partial charge in [-0.1, -0.05) is 25.1 Å². The highest BCUT2D eigenvalue weighted by Crippen LogP contribution is 2.13. The summed E-state index contributed by atoms with van der Waals surface area (Å²) in [5.74, 6) is -0.402. The lowest BCUT2D eigenvalue weighted by atomic mass is 10.2. The third-order valence-electron chi connectivity index (χ3n) is 1.89. The van der Waals surface area contributed by atoms with Crippen molar-refractivity contribution in [3.63, 3.8) is 0 Å². The lowest BCUT2D eigenvalue weighted by molar-refractivity contribution is 0.159. The van der Waals surface area contributed by atoms with E-state index in [0.717, 1.165) is 0 Å². The largest absolute Gasteiger partial charge is 0.236 e. The van der Waals surface area contributed by atoms with Gasteiger partial charge in [-0.25, -0.2) is 13.5 Å². The summed E-state index contributed by atoms with van der Waals surface area (Å²) in [6, 6.07) is 8.21. The van der Waals surface area contributed by atoms with E-state index in [-0.39, 0.29) is 18.3 Å². The van der Waals surface area contributed by atoms with Crippen molar-refractivity contribution >= 4 is 9.84 Å². The van der Waals surface area contributed by atoms with Crippen LogP contribution in [0.4, 0.5) is 0 Å². The predicted octanol–water partition coefficient (Wildman–Crippen LogP) is 1.53. The molecular formula is C10H13O3S. The van der Waals surface area contributed by atoms with Crippen molar-refractivity contribution in [3.8, 4) is 0 Å². The SMILES string of the molecule is CC(C[O])CS(=O)(=O)c1ccccc1. The van der Waals surface area contributed by atoms with Crippen molar-refractivity contribution in [1.29, 1.82) is 0 Å². The molecule has 14 heavy (non-hydrogen) atoms. The Bertz CT molecular complexity index is 370. The van der Waals surface area contributed by atoms with Crippen LogP contribution in [0.1, 0.15) is 6.92 Å². The lowest BCUT2D eigenvalue weighted by Gasteiger charge is -2.07. The molecule has 0 fully saturated rings. The number of rotatable bonds is 4. The maximum absolute atomic E-state index is 11.7. The normalized spacial score (nSPS) is 13.9. The van der Waals surface area contributed by atoms with E-state index in [2.05, 4.69) is 0 Å². The topological polar surface area (TPSA) is 54.0 Å². The molecule has 0 aliphatic rings. The molecule has 0 aliphatic carbocycles. The minimum Gasteiger partial charge on any atom is -0.236 e. The van der Waals surface area contributed by atoms with Crippen molar-refractivity contribution in [1.82, 2.24) is 0 Å². The zero-order chi connectivity index (χ0) is 10.6. The van der Waals surface area contributed by atoms with Crippen LogP contribution in [0.15, 0.2) is 35.2 Å². The first-order chi connectivity index (χ1) is 6.56. The first kappa shape index (κ1) is 11.2. The van der Waals surface area contributed by atoms with Gasteiger partial charge in [-0.2, -0.15) is 0 Å². The molecule has 0 saturated carbocycles. The maximum Gasteiger partial charge on any atom is 0.178 e. The molecule has 0 N–H and O–H groups in total. The summed E-state index contributed by atoms with van der Waals surface area (Å²) in [5, 5.41) is 10.5. The van der Waals surface area contributed by atoms with Crippen LogP contribution in [-0.2, 0) is 14.9 Å². The van der Waals surface area contributed by atoms with Gasteiger partial charge >= 0.3 is 0 Å². The average Bonchev–Trinajstić information content (AvgIpc) is 2.18. The van der Waals surface area contributed by atoms with E-state index in [4.69, 9.17) is 0 Å². The summed E-state index contributed by atoms with van der Waals surface area (Å²) >= 11 is 0. The van der Waals surface area contributed by atoms with E-state index in [9.17, 15) is 13.5 Å². The van der Waals surface area contributed by atoms with Crippen LogP contribution in [0.5, 0.6) is 0 Å². The Labute approximate surface area is 84.3 Å². The van der Waals surface area contributed by atoms with Crippen LogP contribution in [0.25, 0.3) is 0 Å². The van der Waals surface area contributed by atoms with Gasteiger partial charge in [0.05, 0.1) is 17.3 Å². The number of benzene rings is 1. The Kier molecular flexibility index (Phi) is 3.66. The summed E-state index contributed by atoms with van der Waals surface area (Å²) in [5.41, 5.74) is 0. The van der Waals surface area contributed by atoms with Crippen LogP contribution < -0.4 is 0 Å². The summed E-state index contributed by atoms with van der Waals surface area (Å²) in [6.45, 7) is 1.29. The second kappa shape index (κ2) is 4.57. The molecule has 0 spiro atoms. The zero-order valence-corrected chi connectivity index (χ0v) is 8.83. The Morgan fingerprint density at radius 1 is 1.21 bits per heavy atom. The van der Waals surface area contributed by atoms with Gasteiger partial charge in [-0.15, -0.1) is 0 Å². The summed E-state index contributed by atoms with van der Waals surface area (Å²) in [4.78, 5) is 0.292. The minimum absolute atomic E-state index is 0.0689. The number of hydrogen-bond acceptors (Lipinski definition) is 2. The zero-order valence-electron chi connectivity index (χ0n) is 8.01. The number of hydrogen-bond donors (Lipinski definition) is 0. The van der Waals surface area contributed by atoms with Crippen LogP contribution in [0, 0.1) is 5.92 Å². The van der Waals surface area contributed by atoms with Crippen molar-refractivity contribution in [3.05, 3.63) is 30.3 Å². The fourth-order valence-corrected chi connectivity index (χ4v) is 2.76. The maximum atomic E-state index is 11.7. The van der Waals surface area contributed by atoms with Gasteiger partial charge in [-0.05, 0) is 18.1 Å². The van der Waals surface area contributed by atoms with E-state index in [0.29, 0.717) is 4.90 Å². The molecule has 1 aromatic carbocycles. The van der Waals surface area contributed by atoms with Crippen molar-refractivity contribution in [2.24, 2.45) is 5.92 Å². The predicted molar refractivity (Wildman–Crippen MR) is 53.2 cm³/mol. The van der Waals surface area contributed by atoms with Gasteiger partial charge in [0, 0.05) is 0 Å². The Morgan fingerprint density at radius 3 is 2.29 bits per heavy atom. The van der Waals surface area contributed by atoms with Gasteiger partial charge in [0.2, 0.25) is 0 Å². The van der Waals surface area contributed by atoms with Gasteiger partial charge in [0.25, 0.3) is 0 Å². The standard InChI is InChI=1S/C10H13O3S/c1-9(7-11)8-14(12,13)10-5-3-2-4-6-10/h2-6,9H,7-8H2,1H3. The molecule has 0 aliphatic heterocycles. The molecule has 0 heterocycles. The molecule has 1 atom stereocenters. The van der Waals surface area contributed by atoms with E-state index >= 15 is 0 Å². The summed E-state index contributed by atoms with van der Waals surface area (Å²) in [6.07, 6.45) is 0. The third kappa shape index (κ3) is 2.82. The molecular weight excluding hydrogens is 200 g/mol. The average molecular weight is 213 g/mol. The van der Waals surface area contributed by atoms with E-state index in [1.165, 1.54) is 0 Å². The van der Waals surface area contributed by atoms with Crippen LogP contribution in [0.3, 0.4) is 0 Å². The minimum atomic E-state index is -3.27. The third-order valence-corrected chi connectivity index (χ3v) is 3.89. The van der Waals surface area contributed by atoms with Gasteiger partial charge < -0.3 is 0 Å². The van der Waals surface area contributed by atoms with E-state index in [1.807, 2.05) is 0 Å². The highest BCUT2D eigenvalue weighted by molar-refractivity contribution is 7.91. The van der Waals surface area contributed by atoms with Crippen LogP contribution in [0.2, 0.25) is 0 Å². The van der Waals surface area contributed by atoms with E-state index in [1.54, 1.807) is 37.3 Å². The Hall–Kier alpha value is -0.870. The molecule has 77 valence electrons. The Balaban J connectivity index is 2.87. The van der Waals surface area contributed by atoms with Gasteiger partial charge in [-0.3, -0.25) is 0 Å². The summed E-state index contributed by atoms with van der Waals surface area (Å²) < 4.78 is 23.3. The van der Waals surface area contributed by atoms with Crippen LogP contribution in [-0.4, -0.2) is 20.8 Å². The van der Waals surface area contributed by atoms with Gasteiger partial charge in [0.1, 0.15) is 0 Å². The fraction of sp³-hybridized carbons (Fsp3) is 0.400. The molecule has 0 aromatic heterocycles. The molecule has 1 aromatic rings. The second-order valence-corrected chi connectivity index (χ2v) is 5.40. The molecule has 0 saturated heterocycles. The molecule has 0 amide bonds.